The molecule has 2 rings (SSSR count). The average molecular weight is 320 g/mol. The fourth-order valence-corrected chi connectivity index (χ4v) is 2.33. The Morgan fingerprint density at radius 2 is 2.26 bits per heavy atom. The number of rotatable bonds is 8. The van der Waals surface area contributed by atoms with E-state index < -0.39 is 10.9 Å². The summed E-state index contributed by atoms with van der Waals surface area (Å²) in [5, 5.41) is 20.6. The number of aliphatic hydroxyl groups excluding tert-OH is 1. The largest absolute Gasteiger partial charge is 0.466 e. The fraction of sp³-hybridized carbons (Fsp3) is 0.438. The molecule has 1 aromatic rings. The van der Waals surface area contributed by atoms with Crippen LogP contribution in [0.2, 0.25) is 0 Å². The second kappa shape index (κ2) is 7.73. The first-order valence-electron chi connectivity index (χ1n) is 7.45. The fourth-order valence-electron chi connectivity index (χ4n) is 2.33. The number of carbonyl (C=O) groups is 1. The molecule has 1 aliphatic rings. The average Bonchev–Trinajstić information content (AvgIpc) is 3.36. The Morgan fingerprint density at radius 3 is 2.83 bits per heavy atom. The van der Waals surface area contributed by atoms with Gasteiger partial charge in [0.2, 0.25) is 0 Å². The number of anilines is 1. The highest BCUT2D eigenvalue weighted by atomic mass is 16.6. The maximum Gasteiger partial charge on any atom is 0.330 e. The molecule has 23 heavy (non-hydrogen) atoms. The maximum atomic E-state index is 11.4. The zero-order chi connectivity index (χ0) is 16.8. The molecular weight excluding hydrogens is 300 g/mol. The summed E-state index contributed by atoms with van der Waals surface area (Å²) in [5.41, 5.74) is 0.999. The van der Waals surface area contributed by atoms with Crippen molar-refractivity contribution < 1.29 is 19.6 Å². The van der Waals surface area contributed by atoms with Crippen molar-refractivity contribution in [2.45, 2.75) is 12.8 Å². The highest BCUT2D eigenvalue weighted by molar-refractivity contribution is 5.87. The summed E-state index contributed by atoms with van der Waals surface area (Å²) in [6, 6.07) is 4.79. The third-order valence-corrected chi connectivity index (χ3v) is 3.70. The molecule has 7 nitrogen and oxygen atoms in total. The van der Waals surface area contributed by atoms with Gasteiger partial charge in [-0.3, -0.25) is 10.1 Å². The highest BCUT2D eigenvalue weighted by Crippen LogP contribution is 2.35. The normalized spacial score (nSPS) is 14.0. The molecule has 0 atom stereocenters. The van der Waals surface area contributed by atoms with Crippen molar-refractivity contribution in [1.82, 2.24) is 0 Å². The van der Waals surface area contributed by atoms with Crippen LogP contribution in [0.25, 0.3) is 6.08 Å². The van der Waals surface area contributed by atoms with Gasteiger partial charge in [0.15, 0.2) is 0 Å². The molecule has 1 saturated carbocycles. The monoisotopic (exact) mass is 320 g/mol. The molecule has 7 heteroatoms. The minimum Gasteiger partial charge on any atom is -0.466 e. The van der Waals surface area contributed by atoms with Crippen LogP contribution < -0.4 is 4.90 Å². The number of methoxy groups -OCH3 is 1. The number of nitro benzene ring substituents is 1. The molecule has 0 radical (unpaired) electrons. The van der Waals surface area contributed by atoms with E-state index in [0.717, 1.165) is 12.8 Å². The number of benzene rings is 1. The summed E-state index contributed by atoms with van der Waals surface area (Å²) in [4.78, 5) is 23.9. The van der Waals surface area contributed by atoms with Crippen molar-refractivity contribution in [3.05, 3.63) is 40.0 Å². The lowest BCUT2D eigenvalue weighted by atomic mass is 10.1. The molecule has 1 N–H and O–H groups in total. The van der Waals surface area contributed by atoms with Crippen molar-refractivity contribution in [3.63, 3.8) is 0 Å². The highest BCUT2D eigenvalue weighted by Gasteiger charge is 2.27. The molecule has 1 aromatic carbocycles. The number of hydrogen-bond donors (Lipinski definition) is 1. The van der Waals surface area contributed by atoms with Crippen LogP contribution in [0.1, 0.15) is 18.4 Å². The second-order valence-electron chi connectivity index (χ2n) is 5.47. The SMILES string of the molecule is COC(=O)C=Cc1ccc(N(CCO)CC2CC2)c([N+](=O)[O-])c1. The van der Waals surface area contributed by atoms with Crippen LogP contribution in [0, 0.1) is 16.0 Å². The van der Waals surface area contributed by atoms with E-state index in [1.807, 2.05) is 4.90 Å². The van der Waals surface area contributed by atoms with Gasteiger partial charge >= 0.3 is 5.97 Å². The predicted octanol–water partition coefficient (Wildman–Crippen LogP) is 1.99. The summed E-state index contributed by atoms with van der Waals surface area (Å²) < 4.78 is 4.50. The molecule has 1 aliphatic carbocycles. The predicted molar refractivity (Wildman–Crippen MR) is 86.2 cm³/mol. The van der Waals surface area contributed by atoms with Crippen LogP contribution in [-0.4, -0.2) is 42.8 Å². The van der Waals surface area contributed by atoms with Crippen molar-refractivity contribution in [2.75, 3.05) is 31.7 Å². The third kappa shape index (κ3) is 4.79. The molecule has 124 valence electrons. The summed E-state index contributed by atoms with van der Waals surface area (Å²) >= 11 is 0. The Labute approximate surface area is 134 Å². The summed E-state index contributed by atoms with van der Waals surface area (Å²) in [6.45, 7) is 1.00. The number of nitro groups is 1. The van der Waals surface area contributed by atoms with Crippen molar-refractivity contribution >= 4 is 23.4 Å². The quantitative estimate of drug-likeness (QED) is 0.341. The van der Waals surface area contributed by atoms with Crippen molar-refractivity contribution in [3.8, 4) is 0 Å². The molecule has 0 unspecified atom stereocenters. The zero-order valence-electron chi connectivity index (χ0n) is 13.0. The minimum absolute atomic E-state index is 0.0360. The molecule has 0 spiro atoms. The van der Waals surface area contributed by atoms with Gasteiger partial charge in [0.05, 0.1) is 18.6 Å². The van der Waals surface area contributed by atoms with Gasteiger partial charge in [-0.2, -0.15) is 0 Å². The first-order chi connectivity index (χ1) is 11.0. The minimum atomic E-state index is -0.521. The van der Waals surface area contributed by atoms with E-state index in [2.05, 4.69) is 4.74 Å². The van der Waals surface area contributed by atoms with Gasteiger partial charge in [-0.1, -0.05) is 6.07 Å². The van der Waals surface area contributed by atoms with Gasteiger partial charge in [0, 0.05) is 25.2 Å². The standard InChI is InChI=1S/C16H20N2O5/c1-23-16(20)7-5-12-4-6-14(15(10-12)18(21)22)17(8-9-19)11-13-2-3-13/h4-7,10,13,19H,2-3,8-9,11H2,1H3. The lowest BCUT2D eigenvalue weighted by Gasteiger charge is -2.23. The maximum absolute atomic E-state index is 11.4. The van der Waals surface area contributed by atoms with Crippen molar-refractivity contribution in [2.24, 2.45) is 5.92 Å². The van der Waals surface area contributed by atoms with E-state index in [1.54, 1.807) is 12.1 Å². The number of ether oxygens (including phenoxy) is 1. The molecule has 0 amide bonds. The lowest BCUT2D eigenvalue weighted by molar-refractivity contribution is -0.384. The zero-order valence-corrected chi connectivity index (χ0v) is 13.0. The van der Waals surface area contributed by atoms with Gasteiger partial charge in [0.1, 0.15) is 5.69 Å². The van der Waals surface area contributed by atoms with Gasteiger partial charge in [-0.15, -0.1) is 0 Å². The van der Waals surface area contributed by atoms with Gasteiger partial charge in [0.25, 0.3) is 5.69 Å². The molecule has 0 aromatic heterocycles. The number of hydrogen-bond acceptors (Lipinski definition) is 6. The number of esters is 1. The van der Waals surface area contributed by atoms with E-state index in [1.165, 1.54) is 25.3 Å². The molecule has 0 heterocycles. The van der Waals surface area contributed by atoms with Crippen LogP contribution in [0.15, 0.2) is 24.3 Å². The summed E-state index contributed by atoms with van der Waals surface area (Å²) in [6.07, 6.45) is 4.93. The van der Waals surface area contributed by atoms with E-state index >= 15 is 0 Å². The Kier molecular flexibility index (Phi) is 5.70. The smallest absolute Gasteiger partial charge is 0.330 e. The van der Waals surface area contributed by atoms with Gasteiger partial charge in [-0.25, -0.2) is 4.79 Å². The van der Waals surface area contributed by atoms with Gasteiger partial charge < -0.3 is 14.7 Å². The molecule has 0 aliphatic heterocycles. The Morgan fingerprint density at radius 1 is 1.52 bits per heavy atom. The first-order valence-corrected chi connectivity index (χ1v) is 7.45. The van der Waals surface area contributed by atoms with Crippen molar-refractivity contribution in [1.29, 1.82) is 0 Å². The Hall–Kier alpha value is -2.41. The number of carbonyl (C=O) groups excluding carboxylic acids is 1. The molecule has 0 saturated heterocycles. The van der Waals surface area contributed by atoms with Gasteiger partial charge in [-0.05, 0) is 36.5 Å². The van der Waals surface area contributed by atoms with E-state index in [9.17, 15) is 20.0 Å². The number of nitrogens with zero attached hydrogens (tertiary/aromatic N) is 2. The number of aliphatic hydroxyl groups is 1. The van der Waals surface area contributed by atoms with Crippen LogP contribution in [-0.2, 0) is 9.53 Å². The topological polar surface area (TPSA) is 92.9 Å². The van der Waals surface area contributed by atoms with Crippen LogP contribution in [0.3, 0.4) is 0 Å². The van der Waals surface area contributed by atoms with E-state index in [-0.39, 0.29) is 12.3 Å². The summed E-state index contributed by atoms with van der Waals surface area (Å²) in [7, 11) is 1.27. The molecule has 1 fully saturated rings. The van der Waals surface area contributed by atoms with E-state index in [0.29, 0.717) is 30.3 Å². The first kappa shape index (κ1) is 17.0. The van der Waals surface area contributed by atoms with Crippen LogP contribution in [0.5, 0.6) is 0 Å². The second-order valence-corrected chi connectivity index (χ2v) is 5.47. The van der Waals surface area contributed by atoms with Crippen LogP contribution >= 0.6 is 0 Å². The molecule has 0 bridgehead atoms. The van der Waals surface area contributed by atoms with E-state index in [4.69, 9.17) is 0 Å². The molecular formula is C16H20N2O5. The Balaban J connectivity index is 2.28. The summed E-state index contributed by atoms with van der Waals surface area (Å²) in [5.74, 6) is 0.0208. The lowest BCUT2D eigenvalue weighted by Crippen LogP contribution is -2.29. The third-order valence-electron chi connectivity index (χ3n) is 3.70. The Bertz CT molecular complexity index is 610. The van der Waals surface area contributed by atoms with Crippen LogP contribution in [0.4, 0.5) is 11.4 Å².